The van der Waals surface area contributed by atoms with E-state index in [4.69, 9.17) is 0 Å². The van der Waals surface area contributed by atoms with Gasteiger partial charge < -0.3 is 0 Å². The van der Waals surface area contributed by atoms with Gasteiger partial charge >= 0.3 is 0 Å². The fourth-order valence-electron chi connectivity index (χ4n) is 8.32. The maximum absolute atomic E-state index is 4.56. The summed E-state index contributed by atoms with van der Waals surface area (Å²) in [6.07, 6.45) is 24.0. The normalized spacial score (nSPS) is 16.1. The van der Waals surface area contributed by atoms with Crippen molar-refractivity contribution in [2.75, 3.05) is 0 Å². The Bertz CT molecular complexity index is 2760. The highest BCUT2D eigenvalue weighted by Crippen LogP contribution is 2.53. The summed E-state index contributed by atoms with van der Waals surface area (Å²) in [4.78, 5) is 0. The van der Waals surface area contributed by atoms with Crippen molar-refractivity contribution in [1.82, 2.24) is 0 Å². The van der Waals surface area contributed by atoms with E-state index in [-0.39, 0.29) is 5.41 Å². The Morgan fingerprint density at radius 2 is 1.39 bits per heavy atom. The molecule has 0 atom stereocenters. The van der Waals surface area contributed by atoms with Crippen LogP contribution in [0.15, 0.2) is 188 Å². The monoisotopic (exact) mass is 744 g/mol. The molecule has 0 unspecified atom stereocenters. The highest BCUT2D eigenvalue weighted by atomic mass is 32.1. The van der Waals surface area contributed by atoms with Gasteiger partial charge in [-0.3, -0.25) is 0 Å². The molecule has 7 rings (SSSR count). The lowest BCUT2D eigenvalue weighted by molar-refractivity contribution is 0.660. The predicted molar refractivity (Wildman–Crippen MR) is 252 cm³/mol. The first-order chi connectivity index (χ1) is 27.3. The molecule has 0 aliphatic heterocycles. The summed E-state index contributed by atoms with van der Waals surface area (Å²) in [7, 11) is 0. The molecule has 5 aromatic carbocycles. The van der Waals surface area contributed by atoms with Gasteiger partial charge in [-0.15, -0.1) is 11.3 Å². The molecule has 0 spiro atoms. The number of hydrogen-bond acceptors (Lipinski definition) is 1. The van der Waals surface area contributed by atoms with Gasteiger partial charge in [0, 0.05) is 25.6 Å². The summed E-state index contributed by atoms with van der Waals surface area (Å²) in [6.45, 7) is 18.0. The van der Waals surface area contributed by atoms with Crippen LogP contribution in [0.1, 0.15) is 76.6 Å². The van der Waals surface area contributed by atoms with E-state index >= 15 is 0 Å². The minimum Gasteiger partial charge on any atom is -0.135 e. The number of allylic oxidation sites excluding steroid dienone is 15. The first kappa shape index (κ1) is 38.5. The van der Waals surface area contributed by atoms with E-state index in [1.165, 1.54) is 80.7 Å². The third kappa shape index (κ3) is 7.57. The molecule has 278 valence electrons. The van der Waals surface area contributed by atoms with Crippen LogP contribution in [0.2, 0.25) is 0 Å². The Labute approximate surface area is 337 Å². The molecule has 1 aromatic heterocycles. The van der Waals surface area contributed by atoms with Crippen molar-refractivity contribution >= 4 is 69.8 Å². The molecule has 1 aliphatic carbocycles. The summed E-state index contributed by atoms with van der Waals surface area (Å²) in [5, 5.41) is 7.72. The summed E-state index contributed by atoms with van der Waals surface area (Å²) in [5.74, 6) is 0. The molecular weight excluding hydrogens is 693 g/mol. The topological polar surface area (TPSA) is 0 Å². The van der Waals surface area contributed by atoms with Crippen LogP contribution < -0.4 is 0 Å². The van der Waals surface area contributed by atoms with Gasteiger partial charge in [-0.05, 0) is 123 Å². The lowest BCUT2D eigenvalue weighted by Crippen LogP contribution is -2.14. The van der Waals surface area contributed by atoms with Crippen LogP contribution in [0.3, 0.4) is 0 Å². The number of benzene rings is 4. The van der Waals surface area contributed by atoms with Crippen molar-refractivity contribution in [2.45, 2.75) is 59.8 Å². The van der Waals surface area contributed by atoms with Crippen molar-refractivity contribution in [2.24, 2.45) is 0 Å². The summed E-state index contributed by atoms with van der Waals surface area (Å²) < 4.78 is 2.70. The highest BCUT2D eigenvalue weighted by molar-refractivity contribution is 7.25. The van der Waals surface area contributed by atoms with Gasteiger partial charge in [-0.1, -0.05) is 179 Å². The molecule has 0 N–H and O–H groups in total. The van der Waals surface area contributed by atoms with Crippen molar-refractivity contribution < 1.29 is 0 Å². The van der Waals surface area contributed by atoms with E-state index in [2.05, 4.69) is 218 Å². The first-order valence-corrected chi connectivity index (χ1v) is 20.7. The Morgan fingerprint density at radius 3 is 2.12 bits per heavy atom. The van der Waals surface area contributed by atoms with Gasteiger partial charge in [0.15, 0.2) is 0 Å². The van der Waals surface area contributed by atoms with Crippen LogP contribution in [0.5, 0.6) is 0 Å². The van der Waals surface area contributed by atoms with Gasteiger partial charge in [0.05, 0.1) is 0 Å². The van der Waals surface area contributed by atoms with Gasteiger partial charge in [-0.2, -0.15) is 0 Å². The van der Waals surface area contributed by atoms with E-state index in [1.54, 1.807) is 0 Å². The molecule has 0 amide bonds. The number of thiophene rings is 1. The quantitative estimate of drug-likeness (QED) is 0.129. The van der Waals surface area contributed by atoms with Gasteiger partial charge in [0.25, 0.3) is 0 Å². The predicted octanol–water partition coefficient (Wildman–Crippen LogP) is 16.6. The van der Waals surface area contributed by atoms with Crippen molar-refractivity contribution in [3.63, 3.8) is 0 Å². The van der Waals surface area contributed by atoms with Crippen LogP contribution in [0.25, 0.3) is 58.4 Å². The Hall–Kier alpha value is -5.76. The van der Waals surface area contributed by atoms with Crippen molar-refractivity contribution in [3.8, 4) is 0 Å². The fourth-order valence-corrected chi connectivity index (χ4v) is 9.45. The SMILES string of the molecule is C=C(/C=C\C=C\C/C=C1\C(=C/C)C(C)(C)c2ccc3cc4sc5ccccc5c4cc3c21)c1ccccccc(/C(C)=C/C=C(/C=C\C)CC)c2ccccc12. The number of fused-ring (bicyclic) bond motifs is 7. The average Bonchev–Trinajstić information content (AvgIpc) is 3.68. The maximum Gasteiger partial charge on any atom is 0.0361 e. The second-order valence-electron chi connectivity index (χ2n) is 15.1. The molecule has 0 bridgehead atoms. The minimum atomic E-state index is -0.0637. The molecule has 0 saturated carbocycles. The lowest BCUT2D eigenvalue weighted by Gasteiger charge is -2.21. The van der Waals surface area contributed by atoms with Crippen molar-refractivity contribution in [3.05, 3.63) is 210 Å². The largest absolute Gasteiger partial charge is 0.135 e. The van der Waals surface area contributed by atoms with Crippen LogP contribution in [-0.4, -0.2) is 0 Å². The summed E-state index contributed by atoms with van der Waals surface area (Å²) in [5.41, 5.74) is 11.3. The Morgan fingerprint density at radius 1 is 0.696 bits per heavy atom. The van der Waals surface area contributed by atoms with E-state index in [9.17, 15) is 0 Å². The number of rotatable bonds is 9. The zero-order valence-corrected chi connectivity index (χ0v) is 34.5. The van der Waals surface area contributed by atoms with E-state index in [0.29, 0.717) is 0 Å². The van der Waals surface area contributed by atoms with Crippen LogP contribution in [0, 0.1) is 0 Å². The van der Waals surface area contributed by atoms with E-state index in [1.807, 2.05) is 11.3 Å². The molecular formula is C55H52S. The minimum absolute atomic E-state index is 0.0637. The maximum atomic E-state index is 4.56. The first-order valence-electron chi connectivity index (χ1n) is 19.9. The molecule has 1 heterocycles. The Balaban J connectivity index is 1.20. The van der Waals surface area contributed by atoms with E-state index < -0.39 is 0 Å². The highest BCUT2D eigenvalue weighted by Gasteiger charge is 2.38. The molecule has 1 aliphatic rings. The number of hydrogen-bond donors (Lipinski definition) is 0. The van der Waals surface area contributed by atoms with Crippen LogP contribution in [0.4, 0.5) is 0 Å². The van der Waals surface area contributed by atoms with Gasteiger partial charge in [0.2, 0.25) is 0 Å². The summed E-state index contributed by atoms with van der Waals surface area (Å²) in [6, 6.07) is 39.8. The standard InChI is InChI=1S/C55H52S/c1-8-23-40(9-2)33-32-39(5)43-26-17-14-13-16-25-42(44-27-19-20-28-45(43)44)38(4)24-15-11-12-18-30-47-50(10-3)55(6,7)51-35-34-41-36-53-49(37-48(41)54(47)51)46-29-21-22-31-52(46)56-53/h8,10-17,19-37H,4,9,18H2,1-3,5-7H3/b12-11+,14-13?,16-13?,17-14?,23-8-,24-15-,25-16?,26-17?,39-32+,40-33+,42-25?,43-26?,44-42?,45-43?,47-30+,50-10+. The van der Waals surface area contributed by atoms with Crippen LogP contribution >= 0.6 is 11.3 Å². The molecule has 0 nitrogen and oxygen atoms in total. The van der Waals surface area contributed by atoms with Gasteiger partial charge in [-0.25, -0.2) is 0 Å². The molecule has 6 aromatic rings. The summed E-state index contributed by atoms with van der Waals surface area (Å²) >= 11 is 1.89. The molecule has 0 radical (unpaired) electrons. The Kier molecular flexibility index (Phi) is 11.7. The second-order valence-corrected chi connectivity index (χ2v) is 16.2. The molecule has 0 saturated heterocycles. The van der Waals surface area contributed by atoms with Crippen molar-refractivity contribution in [1.29, 1.82) is 0 Å². The third-order valence-electron chi connectivity index (χ3n) is 11.2. The molecule has 1 heteroatoms. The smallest absolute Gasteiger partial charge is 0.0361 e. The lowest BCUT2D eigenvalue weighted by atomic mass is 9.82. The third-order valence-corrected chi connectivity index (χ3v) is 12.3. The van der Waals surface area contributed by atoms with E-state index in [0.717, 1.165) is 24.0 Å². The molecule has 0 fully saturated rings. The fraction of sp³-hybridized carbons (Fsp3) is 0.164. The zero-order chi connectivity index (χ0) is 39.2. The van der Waals surface area contributed by atoms with Gasteiger partial charge in [0.1, 0.15) is 0 Å². The second kappa shape index (κ2) is 16.9. The zero-order valence-electron chi connectivity index (χ0n) is 33.7. The molecule has 56 heavy (non-hydrogen) atoms. The average molecular weight is 745 g/mol. The van der Waals surface area contributed by atoms with Crippen LogP contribution in [-0.2, 0) is 5.41 Å².